The molecule has 1 amide bonds. The Morgan fingerprint density at radius 3 is 3.04 bits per heavy atom. The fourth-order valence-electron chi connectivity index (χ4n) is 3.11. The molecule has 1 aliphatic heterocycles. The summed E-state index contributed by atoms with van der Waals surface area (Å²) in [5.74, 6) is 1.17. The Bertz CT molecular complexity index is 818. The maximum atomic E-state index is 13.0. The Hall–Kier alpha value is -2.60. The number of rotatable bonds is 2. The van der Waals surface area contributed by atoms with Gasteiger partial charge in [-0.15, -0.1) is 0 Å². The van der Waals surface area contributed by atoms with Gasteiger partial charge < -0.3 is 19.2 Å². The number of fused-ring (bicyclic) bond motifs is 1. The molecule has 118 valence electrons. The van der Waals surface area contributed by atoms with Crippen molar-refractivity contribution in [1.82, 2.24) is 19.8 Å². The van der Waals surface area contributed by atoms with E-state index < -0.39 is 0 Å². The van der Waals surface area contributed by atoms with E-state index in [9.17, 15) is 4.79 Å². The van der Waals surface area contributed by atoms with Crippen molar-refractivity contribution in [1.29, 1.82) is 0 Å². The fraction of sp³-hybridized carbons (Fsp3) is 0.294. The van der Waals surface area contributed by atoms with Crippen molar-refractivity contribution in [2.24, 2.45) is 7.05 Å². The minimum atomic E-state index is -0.0931. The van der Waals surface area contributed by atoms with Crippen LogP contribution in [0.5, 0.6) is 0 Å². The highest BCUT2D eigenvalue weighted by molar-refractivity contribution is 5.96. The van der Waals surface area contributed by atoms with Crippen LogP contribution in [0.2, 0.25) is 0 Å². The standard InChI is InChI=1S/C17H18N4O2/c1-20-8-7-19-16(20)13-11-18-6-9-21(13)17(22)15-10-12-4-2-3-5-14(12)23-15/h2-5,7-8,10,13,18H,6,9,11H2,1H3. The number of hydrogen-bond donors (Lipinski definition) is 1. The second kappa shape index (κ2) is 5.55. The minimum absolute atomic E-state index is 0.0873. The summed E-state index contributed by atoms with van der Waals surface area (Å²) >= 11 is 0. The number of carbonyl (C=O) groups is 1. The normalized spacial score (nSPS) is 18.5. The van der Waals surface area contributed by atoms with Crippen LogP contribution in [0.1, 0.15) is 22.4 Å². The molecule has 1 saturated heterocycles. The third-order valence-corrected chi connectivity index (χ3v) is 4.30. The number of imidazole rings is 1. The van der Waals surface area contributed by atoms with E-state index in [0.717, 1.165) is 23.3 Å². The Morgan fingerprint density at radius 2 is 2.26 bits per heavy atom. The van der Waals surface area contributed by atoms with Crippen LogP contribution in [-0.4, -0.2) is 40.0 Å². The first-order valence-corrected chi connectivity index (χ1v) is 7.71. The molecule has 6 nitrogen and oxygen atoms in total. The molecule has 0 radical (unpaired) electrons. The van der Waals surface area contributed by atoms with E-state index >= 15 is 0 Å². The summed E-state index contributed by atoms with van der Waals surface area (Å²) in [6.07, 6.45) is 3.65. The zero-order valence-electron chi connectivity index (χ0n) is 12.9. The molecular weight excluding hydrogens is 292 g/mol. The average Bonchev–Trinajstić information content (AvgIpc) is 3.20. The number of carbonyl (C=O) groups excluding carboxylic acids is 1. The van der Waals surface area contributed by atoms with Crippen LogP contribution >= 0.6 is 0 Å². The predicted molar refractivity (Wildman–Crippen MR) is 86.1 cm³/mol. The van der Waals surface area contributed by atoms with E-state index in [1.165, 1.54) is 0 Å². The summed E-state index contributed by atoms with van der Waals surface area (Å²) in [7, 11) is 1.95. The molecule has 3 heterocycles. The highest BCUT2D eigenvalue weighted by Crippen LogP contribution is 2.25. The molecule has 23 heavy (non-hydrogen) atoms. The lowest BCUT2D eigenvalue weighted by atomic mass is 10.1. The first-order chi connectivity index (χ1) is 11.2. The fourth-order valence-corrected chi connectivity index (χ4v) is 3.11. The van der Waals surface area contributed by atoms with Gasteiger partial charge in [0, 0.05) is 44.5 Å². The molecule has 1 aromatic carbocycles. The largest absolute Gasteiger partial charge is 0.451 e. The monoisotopic (exact) mass is 310 g/mol. The van der Waals surface area contributed by atoms with Crippen molar-refractivity contribution in [2.75, 3.05) is 19.6 Å². The molecule has 0 aliphatic carbocycles. The lowest BCUT2D eigenvalue weighted by Gasteiger charge is -2.35. The molecule has 1 N–H and O–H groups in total. The molecule has 1 fully saturated rings. The van der Waals surface area contributed by atoms with Gasteiger partial charge in [0.15, 0.2) is 5.76 Å². The summed E-state index contributed by atoms with van der Waals surface area (Å²) in [5.41, 5.74) is 0.736. The lowest BCUT2D eigenvalue weighted by Crippen LogP contribution is -2.49. The second-order valence-corrected chi connectivity index (χ2v) is 5.76. The first-order valence-electron chi connectivity index (χ1n) is 7.71. The van der Waals surface area contributed by atoms with Crippen LogP contribution < -0.4 is 5.32 Å². The number of amides is 1. The Labute approximate surface area is 133 Å². The second-order valence-electron chi connectivity index (χ2n) is 5.76. The highest BCUT2D eigenvalue weighted by Gasteiger charge is 2.32. The number of benzene rings is 1. The van der Waals surface area contributed by atoms with Gasteiger partial charge >= 0.3 is 0 Å². The number of aryl methyl sites for hydroxylation is 1. The number of para-hydroxylation sites is 1. The van der Waals surface area contributed by atoms with Crippen molar-refractivity contribution in [3.8, 4) is 0 Å². The molecule has 0 saturated carbocycles. The van der Waals surface area contributed by atoms with Gasteiger partial charge in [0.05, 0.1) is 0 Å². The smallest absolute Gasteiger partial charge is 0.290 e. The SMILES string of the molecule is Cn1ccnc1C1CNCCN1C(=O)c1cc2ccccc2o1. The Kier molecular flexibility index (Phi) is 3.38. The number of furan rings is 1. The zero-order valence-corrected chi connectivity index (χ0v) is 12.9. The van der Waals surface area contributed by atoms with Gasteiger partial charge in [0.2, 0.25) is 0 Å². The summed E-state index contributed by atoms with van der Waals surface area (Å²) in [4.78, 5) is 19.2. The number of hydrogen-bond acceptors (Lipinski definition) is 4. The third kappa shape index (κ3) is 2.41. The summed E-state index contributed by atoms with van der Waals surface area (Å²) in [6, 6.07) is 9.39. The quantitative estimate of drug-likeness (QED) is 0.786. The van der Waals surface area contributed by atoms with Crippen LogP contribution in [0.3, 0.4) is 0 Å². The molecule has 4 rings (SSSR count). The average molecular weight is 310 g/mol. The summed E-state index contributed by atoms with van der Waals surface area (Å²) < 4.78 is 7.70. The summed E-state index contributed by atoms with van der Waals surface area (Å²) in [5, 5.41) is 4.28. The van der Waals surface area contributed by atoms with Gasteiger partial charge in [-0.05, 0) is 12.1 Å². The van der Waals surface area contributed by atoms with Crippen molar-refractivity contribution < 1.29 is 9.21 Å². The van der Waals surface area contributed by atoms with Gasteiger partial charge in [0.1, 0.15) is 17.4 Å². The van der Waals surface area contributed by atoms with Crippen molar-refractivity contribution >= 4 is 16.9 Å². The van der Waals surface area contributed by atoms with Gasteiger partial charge in [0.25, 0.3) is 5.91 Å². The molecule has 1 aliphatic rings. The predicted octanol–water partition coefficient (Wildman–Crippen LogP) is 1.95. The van der Waals surface area contributed by atoms with Crippen LogP contribution in [0.4, 0.5) is 0 Å². The molecule has 0 spiro atoms. The van der Waals surface area contributed by atoms with E-state index in [0.29, 0.717) is 18.8 Å². The molecule has 1 unspecified atom stereocenters. The van der Waals surface area contributed by atoms with Crippen molar-refractivity contribution in [2.45, 2.75) is 6.04 Å². The van der Waals surface area contributed by atoms with E-state index in [-0.39, 0.29) is 11.9 Å². The molecule has 2 aromatic heterocycles. The topological polar surface area (TPSA) is 63.3 Å². The van der Waals surface area contributed by atoms with E-state index in [1.807, 2.05) is 53.0 Å². The lowest BCUT2D eigenvalue weighted by molar-refractivity contribution is 0.0590. The van der Waals surface area contributed by atoms with Crippen LogP contribution in [-0.2, 0) is 7.05 Å². The van der Waals surface area contributed by atoms with Crippen LogP contribution in [0.25, 0.3) is 11.0 Å². The Morgan fingerprint density at radius 1 is 1.39 bits per heavy atom. The van der Waals surface area contributed by atoms with Crippen molar-refractivity contribution in [3.05, 3.63) is 54.3 Å². The highest BCUT2D eigenvalue weighted by atomic mass is 16.3. The molecule has 6 heteroatoms. The summed E-state index contributed by atoms with van der Waals surface area (Å²) in [6.45, 7) is 2.09. The Balaban J connectivity index is 1.68. The van der Waals surface area contributed by atoms with Gasteiger partial charge in [-0.1, -0.05) is 18.2 Å². The maximum absolute atomic E-state index is 13.0. The minimum Gasteiger partial charge on any atom is -0.451 e. The van der Waals surface area contributed by atoms with Crippen LogP contribution in [0.15, 0.2) is 47.1 Å². The molecule has 0 bridgehead atoms. The van der Waals surface area contributed by atoms with E-state index in [4.69, 9.17) is 4.42 Å². The zero-order chi connectivity index (χ0) is 15.8. The maximum Gasteiger partial charge on any atom is 0.290 e. The first kappa shape index (κ1) is 14.0. The van der Waals surface area contributed by atoms with E-state index in [1.54, 1.807) is 6.20 Å². The number of nitrogens with one attached hydrogen (secondary N) is 1. The third-order valence-electron chi connectivity index (χ3n) is 4.30. The molecular formula is C17H18N4O2. The van der Waals surface area contributed by atoms with E-state index in [2.05, 4.69) is 10.3 Å². The molecule has 1 atom stereocenters. The number of nitrogens with zero attached hydrogens (tertiary/aromatic N) is 3. The van der Waals surface area contributed by atoms with Crippen LogP contribution in [0, 0.1) is 0 Å². The van der Waals surface area contributed by atoms with Crippen molar-refractivity contribution in [3.63, 3.8) is 0 Å². The van der Waals surface area contributed by atoms with Gasteiger partial charge in [-0.2, -0.15) is 0 Å². The van der Waals surface area contributed by atoms with Gasteiger partial charge in [-0.3, -0.25) is 4.79 Å². The number of piperazine rings is 1. The molecule has 3 aromatic rings. The number of aromatic nitrogens is 2. The van der Waals surface area contributed by atoms with Gasteiger partial charge in [-0.25, -0.2) is 4.98 Å².